The molecule has 1 atom stereocenters. The molecule has 0 radical (unpaired) electrons. The Bertz CT molecular complexity index is 483. The van der Waals surface area contributed by atoms with Crippen molar-refractivity contribution in [1.29, 1.82) is 0 Å². The van der Waals surface area contributed by atoms with Crippen molar-refractivity contribution >= 4 is 11.9 Å². The molecule has 2 rings (SSSR count). The number of para-hydroxylation sites is 1. The van der Waals surface area contributed by atoms with Gasteiger partial charge in [-0.1, -0.05) is 12.5 Å². The summed E-state index contributed by atoms with van der Waals surface area (Å²) in [6.07, 6.45) is 2.95. The molecular weight excluding hydrogens is 282 g/mol. The highest BCUT2D eigenvalue weighted by Crippen LogP contribution is 2.27. The van der Waals surface area contributed by atoms with Crippen LogP contribution < -0.4 is 5.32 Å². The molecule has 1 heterocycles. The number of aromatic carboxylic acids is 1. The van der Waals surface area contributed by atoms with E-state index in [2.05, 4.69) is 5.32 Å². The van der Waals surface area contributed by atoms with Crippen LogP contribution in [-0.4, -0.2) is 50.4 Å². The van der Waals surface area contributed by atoms with Crippen molar-refractivity contribution in [2.24, 2.45) is 0 Å². The first-order valence-corrected chi connectivity index (χ1v) is 6.14. The molecule has 1 aliphatic rings. The molecule has 1 unspecified atom stereocenters. The molecule has 1 saturated heterocycles. The highest BCUT2D eigenvalue weighted by Gasteiger charge is 2.18. The van der Waals surface area contributed by atoms with E-state index in [1.807, 2.05) is 0 Å². The van der Waals surface area contributed by atoms with Crippen molar-refractivity contribution in [2.75, 3.05) is 6.54 Å². The van der Waals surface area contributed by atoms with E-state index in [0.717, 1.165) is 25.8 Å². The fraction of sp³-hybridized carbons (Fsp3) is 0.385. The van der Waals surface area contributed by atoms with Gasteiger partial charge in [-0.05, 0) is 31.5 Å². The fourth-order valence-electron chi connectivity index (χ4n) is 1.77. The minimum absolute atomic E-state index is 0. The molecular formula is C13H19NO7. The summed E-state index contributed by atoms with van der Waals surface area (Å²) in [5, 5.41) is 37.6. The maximum absolute atomic E-state index is 10.3. The Morgan fingerprint density at radius 1 is 1.14 bits per heavy atom. The van der Waals surface area contributed by atoms with Gasteiger partial charge in [0.2, 0.25) is 0 Å². The van der Waals surface area contributed by atoms with Gasteiger partial charge in [0, 0.05) is 0 Å². The number of phenolic OH excluding ortho intramolecular Hbond substituents is 1. The number of piperidine rings is 1. The van der Waals surface area contributed by atoms with Gasteiger partial charge in [-0.2, -0.15) is 0 Å². The van der Waals surface area contributed by atoms with Gasteiger partial charge in [0.1, 0.15) is 11.6 Å². The summed E-state index contributed by atoms with van der Waals surface area (Å²) in [6.45, 7) is 0.858. The van der Waals surface area contributed by atoms with E-state index in [1.165, 1.54) is 18.2 Å². The van der Waals surface area contributed by atoms with E-state index in [4.69, 9.17) is 20.4 Å². The lowest BCUT2D eigenvalue weighted by Gasteiger charge is -2.18. The third kappa shape index (κ3) is 5.67. The third-order valence-electron chi connectivity index (χ3n) is 2.85. The number of hydrogen-bond acceptors (Lipinski definition) is 5. The number of hydrogen-bond donors (Lipinski definition) is 5. The van der Waals surface area contributed by atoms with Crippen LogP contribution in [0.15, 0.2) is 18.2 Å². The van der Waals surface area contributed by atoms with Gasteiger partial charge in [0.05, 0.1) is 0 Å². The van der Waals surface area contributed by atoms with Crippen LogP contribution in [-0.2, 0) is 4.79 Å². The third-order valence-corrected chi connectivity index (χ3v) is 2.85. The van der Waals surface area contributed by atoms with E-state index >= 15 is 0 Å². The molecule has 1 aromatic carbocycles. The predicted octanol–water partition coefficient (Wildman–Crippen LogP) is 0.184. The molecule has 21 heavy (non-hydrogen) atoms. The first-order chi connectivity index (χ1) is 9.43. The summed E-state index contributed by atoms with van der Waals surface area (Å²) in [5.74, 6) is -3.00. The second kappa shape index (κ2) is 8.77. The van der Waals surface area contributed by atoms with E-state index in [0.29, 0.717) is 0 Å². The number of carboxylic acids is 2. The lowest BCUT2D eigenvalue weighted by Crippen LogP contribution is -2.40. The minimum Gasteiger partial charge on any atom is -0.504 e. The zero-order chi connectivity index (χ0) is 15.1. The molecule has 118 valence electrons. The standard InChI is InChI=1S/C7H6O4.C6H11NO2.H2O/c8-5-3-1-2-4(6(5)9)7(10)11;8-6(9)5-3-1-2-4-7-5;/h1-3,8-9H,(H,10,11);5,7H,1-4H2,(H,8,9);1H2. The van der Waals surface area contributed by atoms with Crippen LogP contribution in [0.25, 0.3) is 0 Å². The molecule has 8 heteroatoms. The van der Waals surface area contributed by atoms with Crippen molar-refractivity contribution in [3.8, 4) is 11.5 Å². The maximum Gasteiger partial charge on any atom is 0.339 e. The van der Waals surface area contributed by atoms with Crippen LogP contribution in [0.4, 0.5) is 0 Å². The molecule has 0 bridgehead atoms. The van der Waals surface area contributed by atoms with Gasteiger partial charge in [-0.15, -0.1) is 0 Å². The number of carboxylic acid groups (broad SMARTS) is 2. The highest BCUT2D eigenvalue weighted by atomic mass is 16.4. The normalized spacial score (nSPS) is 16.9. The molecule has 0 aromatic heterocycles. The van der Waals surface area contributed by atoms with Crippen molar-refractivity contribution in [2.45, 2.75) is 25.3 Å². The quantitative estimate of drug-likeness (QED) is 0.487. The average molecular weight is 301 g/mol. The Kier molecular flexibility index (Phi) is 7.80. The van der Waals surface area contributed by atoms with Crippen LogP contribution >= 0.6 is 0 Å². The number of carbonyl (C=O) groups is 2. The fourth-order valence-corrected chi connectivity index (χ4v) is 1.77. The van der Waals surface area contributed by atoms with Crippen LogP contribution in [0.1, 0.15) is 29.6 Å². The summed E-state index contributed by atoms with van der Waals surface area (Å²) in [6, 6.07) is 3.48. The molecule has 0 amide bonds. The Morgan fingerprint density at radius 2 is 1.81 bits per heavy atom. The van der Waals surface area contributed by atoms with Crippen LogP contribution in [0, 0.1) is 0 Å². The summed E-state index contributed by atoms with van der Waals surface area (Å²) in [5.41, 5.74) is -0.301. The number of rotatable bonds is 2. The summed E-state index contributed by atoms with van der Waals surface area (Å²) >= 11 is 0. The number of nitrogens with one attached hydrogen (secondary N) is 1. The molecule has 1 aliphatic heterocycles. The molecule has 7 N–H and O–H groups in total. The molecule has 0 aliphatic carbocycles. The van der Waals surface area contributed by atoms with Crippen LogP contribution in [0.5, 0.6) is 11.5 Å². The van der Waals surface area contributed by atoms with Gasteiger partial charge in [-0.3, -0.25) is 4.79 Å². The average Bonchev–Trinajstić information content (AvgIpc) is 2.43. The zero-order valence-electron chi connectivity index (χ0n) is 11.2. The first-order valence-electron chi connectivity index (χ1n) is 6.14. The van der Waals surface area contributed by atoms with Gasteiger partial charge in [-0.25, -0.2) is 4.79 Å². The van der Waals surface area contributed by atoms with Crippen molar-refractivity contribution in [3.05, 3.63) is 23.8 Å². The molecule has 1 aromatic rings. The number of benzene rings is 1. The van der Waals surface area contributed by atoms with Crippen LogP contribution in [0.3, 0.4) is 0 Å². The summed E-state index contributed by atoms with van der Waals surface area (Å²) in [4.78, 5) is 20.6. The predicted molar refractivity (Wildman–Crippen MR) is 73.6 cm³/mol. The summed E-state index contributed by atoms with van der Waals surface area (Å²) in [7, 11) is 0. The summed E-state index contributed by atoms with van der Waals surface area (Å²) < 4.78 is 0. The molecule has 8 nitrogen and oxygen atoms in total. The van der Waals surface area contributed by atoms with Gasteiger partial charge >= 0.3 is 11.9 Å². The lowest BCUT2D eigenvalue weighted by atomic mass is 10.1. The Balaban J connectivity index is 0.000000370. The van der Waals surface area contributed by atoms with Gasteiger partial charge in [0.15, 0.2) is 11.5 Å². The van der Waals surface area contributed by atoms with Gasteiger partial charge in [0.25, 0.3) is 0 Å². The minimum atomic E-state index is -1.27. The largest absolute Gasteiger partial charge is 0.504 e. The van der Waals surface area contributed by atoms with E-state index in [9.17, 15) is 9.59 Å². The second-order valence-corrected chi connectivity index (χ2v) is 4.32. The molecule has 0 spiro atoms. The first kappa shape index (κ1) is 18.7. The second-order valence-electron chi connectivity index (χ2n) is 4.32. The zero-order valence-corrected chi connectivity index (χ0v) is 11.2. The molecule has 1 fully saturated rings. The Morgan fingerprint density at radius 3 is 2.19 bits per heavy atom. The highest BCUT2D eigenvalue weighted by molar-refractivity contribution is 5.91. The van der Waals surface area contributed by atoms with Crippen LogP contribution in [0.2, 0.25) is 0 Å². The SMILES string of the molecule is O.O=C(O)C1CCCCN1.O=C(O)c1cccc(O)c1O. The lowest BCUT2D eigenvalue weighted by molar-refractivity contribution is -0.140. The van der Waals surface area contributed by atoms with E-state index in [1.54, 1.807) is 0 Å². The number of aromatic hydroxyl groups is 2. The van der Waals surface area contributed by atoms with Gasteiger partial charge < -0.3 is 31.2 Å². The Hall–Kier alpha value is -2.32. The smallest absolute Gasteiger partial charge is 0.339 e. The van der Waals surface area contributed by atoms with E-state index < -0.39 is 23.4 Å². The monoisotopic (exact) mass is 301 g/mol. The maximum atomic E-state index is 10.3. The van der Waals surface area contributed by atoms with Crippen molar-refractivity contribution in [1.82, 2.24) is 5.32 Å². The topological polar surface area (TPSA) is 159 Å². The van der Waals surface area contributed by atoms with Crippen molar-refractivity contribution in [3.63, 3.8) is 0 Å². The van der Waals surface area contributed by atoms with E-state index in [-0.39, 0.29) is 17.1 Å². The Labute approximate surface area is 121 Å². The molecule has 0 saturated carbocycles. The number of aliphatic carboxylic acids is 1. The van der Waals surface area contributed by atoms with Crippen molar-refractivity contribution < 1.29 is 35.5 Å². The number of phenols is 2.